The zero-order valence-corrected chi connectivity index (χ0v) is 15.0. The highest BCUT2D eigenvalue weighted by molar-refractivity contribution is 7.89. The van der Waals surface area contributed by atoms with E-state index >= 15 is 0 Å². The van der Waals surface area contributed by atoms with E-state index in [1.807, 2.05) is 0 Å². The maximum Gasteiger partial charge on any atom is 0.277 e. The number of rotatable bonds is 4. The third-order valence-corrected chi connectivity index (χ3v) is 5.11. The Balaban J connectivity index is 1.97. The van der Waals surface area contributed by atoms with Crippen molar-refractivity contribution in [2.45, 2.75) is 4.90 Å². The molecule has 0 fully saturated rings. The summed E-state index contributed by atoms with van der Waals surface area (Å²) < 4.78 is 27.7. The number of amides is 2. The molecule has 0 aliphatic carbocycles. The minimum atomic E-state index is -3.88. The van der Waals surface area contributed by atoms with Crippen LogP contribution in [-0.4, -0.2) is 27.3 Å². The number of ether oxygens (including phenoxy) is 1. The summed E-state index contributed by atoms with van der Waals surface area (Å²) in [5.41, 5.74) is 0.724. The lowest BCUT2D eigenvalue weighted by Crippen LogP contribution is -2.31. The Kier molecular flexibility index (Phi) is 4.57. The fraction of sp³-hybridized carbons (Fsp3) is 0.0588. The second-order valence-corrected chi connectivity index (χ2v) is 7.34. The lowest BCUT2D eigenvalue weighted by Gasteiger charge is -2.15. The molecular weight excluding hydrogens is 380 g/mol. The van der Waals surface area contributed by atoms with Crippen LogP contribution in [0.5, 0.6) is 5.75 Å². The molecule has 0 radical (unpaired) electrons. The van der Waals surface area contributed by atoms with E-state index in [1.54, 1.807) is 24.3 Å². The van der Waals surface area contributed by atoms with Gasteiger partial charge in [0.2, 0.25) is 10.0 Å². The van der Waals surface area contributed by atoms with E-state index in [4.69, 9.17) is 21.5 Å². The molecule has 0 bridgehead atoms. The molecule has 1 aliphatic heterocycles. The Bertz CT molecular complexity index is 1030. The molecule has 0 saturated heterocycles. The Hall–Kier alpha value is -2.68. The molecule has 2 aromatic carbocycles. The maximum atomic E-state index is 12.8. The van der Waals surface area contributed by atoms with Gasteiger partial charge in [-0.2, -0.15) is 0 Å². The first-order valence-corrected chi connectivity index (χ1v) is 9.22. The predicted octanol–water partition coefficient (Wildman–Crippen LogP) is 1.87. The molecule has 0 spiro atoms. The summed E-state index contributed by atoms with van der Waals surface area (Å²) >= 11 is 6.10. The number of hydrogen-bond donors (Lipinski definition) is 1. The van der Waals surface area contributed by atoms with Crippen LogP contribution in [0.2, 0.25) is 0 Å². The molecule has 0 saturated carbocycles. The topological polar surface area (TPSA) is 107 Å². The van der Waals surface area contributed by atoms with Gasteiger partial charge in [0.05, 0.1) is 23.3 Å². The molecule has 0 unspecified atom stereocenters. The molecule has 26 heavy (non-hydrogen) atoms. The zero-order valence-electron chi connectivity index (χ0n) is 13.5. The van der Waals surface area contributed by atoms with Gasteiger partial charge in [-0.1, -0.05) is 23.7 Å². The van der Waals surface area contributed by atoms with E-state index in [9.17, 15) is 18.0 Å². The van der Waals surface area contributed by atoms with E-state index in [1.165, 1.54) is 31.4 Å². The Morgan fingerprint density at radius 2 is 1.54 bits per heavy atom. The number of nitrogens with two attached hydrogens (primary N) is 1. The van der Waals surface area contributed by atoms with E-state index in [-0.39, 0.29) is 21.2 Å². The van der Waals surface area contributed by atoms with Gasteiger partial charge in [0.25, 0.3) is 11.8 Å². The number of carbonyl (C=O) groups excluding carboxylic acids is 2. The summed E-state index contributed by atoms with van der Waals surface area (Å²) in [7, 11) is -2.37. The lowest BCUT2D eigenvalue weighted by molar-refractivity contribution is -0.119. The van der Waals surface area contributed by atoms with Crippen molar-refractivity contribution in [3.8, 4) is 5.75 Å². The Morgan fingerprint density at radius 1 is 0.962 bits per heavy atom. The van der Waals surface area contributed by atoms with E-state index in [0.29, 0.717) is 11.3 Å². The Morgan fingerprint density at radius 3 is 2.04 bits per heavy atom. The minimum Gasteiger partial charge on any atom is -0.497 e. The fourth-order valence-corrected chi connectivity index (χ4v) is 3.32. The number of anilines is 1. The van der Waals surface area contributed by atoms with Gasteiger partial charge in [0.15, 0.2) is 0 Å². The SMILES string of the molecule is COc1ccc(C2=C(Cl)C(=O)N(c3ccc(S(N)(=O)=O)cc3)C2=O)cc1. The largest absolute Gasteiger partial charge is 0.497 e. The molecular formula is C17H13ClN2O5S. The minimum absolute atomic E-state index is 0.0647. The first-order chi connectivity index (χ1) is 12.2. The van der Waals surface area contributed by atoms with Crippen molar-refractivity contribution < 1.29 is 22.7 Å². The third kappa shape index (κ3) is 3.10. The fourth-order valence-electron chi connectivity index (χ4n) is 2.53. The highest BCUT2D eigenvalue weighted by Gasteiger charge is 2.39. The van der Waals surface area contributed by atoms with Crippen molar-refractivity contribution in [1.29, 1.82) is 0 Å². The molecule has 1 aliphatic rings. The molecule has 9 heteroatoms. The van der Waals surface area contributed by atoms with Gasteiger partial charge in [-0.25, -0.2) is 18.5 Å². The number of benzene rings is 2. The molecule has 1 heterocycles. The number of nitrogens with zero attached hydrogens (tertiary/aromatic N) is 1. The van der Waals surface area contributed by atoms with Crippen LogP contribution in [0.1, 0.15) is 5.56 Å². The number of carbonyl (C=O) groups is 2. The molecule has 2 N–H and O–H groups in total. The van der Waals surface area contributed by atoms with Crippen LogP contribution in [0.25, 0.3) is 5.57 Å². The molecule has 134 valence electrons. The summed E-state index contributed by atoms with van der Waals surface area (Å²) in [6.07, 6.45) is 0. The zero-order chi connectivity index (χ0) is 19.1. The standard InChI is InChI=1S/C17H13ClN2O5S/c1-25-12-6-2-10(3-7-12)14-15(18)17(22)20(16(14)21)11-4-8-13(9-5-11)26(19,23)24/h2-9H,1H3,(H2,19,23,24). The third-order valence-electron chi connectivity index (χ3n) is 3.83. The molecule has 2 amide bonds. The summed E-state index contributed by atoms with van der Waals surface area (Å²) in [5, 5.41) is 4.83. The summed E-state index contributed by atoms with van der Waals surface area (Å²) in [6, 6.07) is 11.6. The van der Waals surface area contributed by atoms with Crippen LogP contribution in [0, 0.1) is 0 Å². The van der Waals surface area contributed by atoms with Crippen molar-refractivity contribution in [2.24, 2.45) is 5.14 Å². The van der Waals surface area contributed by atoms with Gasteiger partial charge in [-0.3, -0.25) is 9.59 Å². The average Bonchev–Trinajstić information content (AvgIpc) is 2.84. The number of sulfonamides is 1. The molecule has 7 nitrogen and oxygen atoms in total. The van der Waals surface area contributed by atoms with Crippen molar-refractivity contribution in [2.75, 3.05) is 12.0 Å². The van der Waals surface area contributed by atoms with Gasteiger partial charge < -0.3 is 4.74 Å². The maximum absolute atomic E-state index is 12.8. The van der Waals surface area contributed by atoms with Gasteiger partial charge >= 0.3 is 0 Å². The first kappa shape index (κ1) is 18.1. The second-order valence-electron chi connectivity index (χ2n) is 5.40. The van der Waals surface area contributed by atoms with E-state index in [2.05, 4.69) is 0 Å². The van der Waals surface area contributed by atoms with Gasteiger partial charge in [0, 0.05) is 0 Å². The van der Waals surface area contributed by atoms with E-state index in [0.717, 1.165) is 4.90 Å². The number of methoxy groups -OCH3 is 1. The first-order valence-electron chi connectivity index (χ1n) is 7.30. The number of hydrogen-bond acceptors (Lipinski definition) is 5. The van der Waals surface area contributed by atoms with Crippen LogP contribution in [0.15, 0.2) is 58.5 Å². The van der Waals surface area contributed by atoms with Gasteiger partial charge in [-0.05, 0) is 42.0 Å². The quantitative estimate of drug-likeness (QED) is 0.799. The second kappa shape index (κ2) is 6.56. The van der Waals surface area contributed by atoms with Crippen LogP contribution in [0.3, 0.4) is 0 Å². The number of imide groups is 1. The van der Waals surface area contributed by atoms with E-state index < -0.39 is 21.8 Å². The monoisotopic (exact) mass is 392 g/mol. The van der Waals surface area contributed by atoms with Gasteiger partial charge in [-0.15, -0.1) is 0 Å². The molecule has 3 rings (SSSR count). The average molecular weight is 393 g/mol. The predicted molar refractivity (Wildman–Crippen MR) is 96.1 cm³/mol. The molecule has 0 aromatic heterocycles. The number of primary sulfonamides is 1. The van der Waals surface area contributed by atoms with Crippen molar-refractivity contribution in [3.05, 3.63) is 59.1 Å². The smallest absolute Gasteiger partial charge is 0.277 e. The Labute approximate surface area is 154 Å². The van der Waals surface area contributed by atoms with Crippen LogP contribution in [0.4, 0.5) is 5.69 Å². The van der Waals surface area contributed by atoms with Crippen molar-refractivity contribution >= 4 is 44.7 Å². The highest BCUT2D eigenvalue weighted by atomic mass is 35.5. The van der Waals surface area contributed by atoms with Crippen LogP contribution >= 0.6 is 11.6 Å². The van der Waals surface area contributed by atoms with Crippen LogP contribution in [-0.2, 0) is 19.6 Å². The summed E-state index contributed by atoms with van der Waals surface area (Å²) in [6.45, 7) is 0. The van der Waals surface area contributed by atoms with Crippen molar-refractivity contribution in [3.63, 3.8) is 0 Å². The summed E-state index contributed by atoms with van der Waals surface area (Å²) in [5.74, 6) is -0.697. The van der Waals surface area contributed by atoms with Gasteiger partial charge in [0.1, 0.15) is 10.8 Å². The highest BCUT2D eigenvalue weighted by Crippen LogP contribution is 2.35. The number of halogens is 1. The van der Waals surface area contributed by atoms with Crippen LogP contribution < -0.4 is 14.8 Å². The lowest BCUT2D eigenvalue weighted by atomic mass is 10.1. The molecule has 0 atom stereocenters. The van der Waals surface area contributed by atoms with Crippen molar-refractivity contribution in [1.82, 2.24) is 0 Å². The molecule has 2 aromatic rings. The summed E-state index contributed by atoms with van der Waals surface area (Å²) in [4.78, 5) is 26.0. The normalized spacial score (nSPS) is 15.0.